The van der Waals surface area contributed by atoms with E-state index in [4.69, 9.17) is 4.74 Å². The number of hydrogen-bond donors (Lipinski definition) is 0. The SMILES string of the molecule is C=C1CCN(c2ccccc2OC)C1=O. The third-order valence-corrected chi connectivity index (χ3v) is 2.56. The van der Waals surface area contributed by atoms with E-state index in [0.717, 1.165) is 17.9 Å². The number of hydrogen-bond acceptors (Lipinski definition) is 2. The summed E-state index contributed by atoms with van der Waals surface area (Å²) in [5, 5.41) is 0. The Morgan fingerprint density at radius 3 is 2.73 bits per heavy atom. The fourth-order valence-corrected chi connectivity index (χ4v) is 1.73. The first-order valence-corrected chi connectivity index (χ1v) is 4.86. The largest absolute Gasteiger partial charge is 0.495 e. The molecule has 1 heterocycles. The van der Waals surface area contributed by atoms with E-state index in [1.54, 1.807) is 12.0 Å². The van der Waals surface area contributed by atoms with Crippen LogP contribution in [0.25, 0.3) is 0 Å². The molecule has 1 amide bonds. The standard InChI is InChI=1S/C12H13NO2/c1-9-7-8-13(12(9)14)10-5-3-4-6-11(10)15-2/h3-6H,1,7-8H2,2H3. The Bertz CT molecular complexity index is 412. The highest BCUT2D eigenvalue weighted by Crippen LogP contribution is 2.31. The lowest BCUT2D eigenvalue weighted by atomic mass is 10.2. The van der Waals surface area contributed by atoms with Crippen LogP contribution in [-0.4, -0.2) is 19.6 Å². The predicted molar refractivity (Wildman–Crippen MR) is 59.1 cm³/mol. The Labute approximate surface area is 89.0 Å². The van der Waals surface area contributed by atoms with Crippen LogP contribution in [0.5, 0.6) is 5.75 Å². The molecule has 15 heavy (non-hydrogen) atoms. The third-order valence-electron chi connectivity index (χ3n) is 2.56. The second-order valence-corrected chi connectivity index (χ2v) is 3.48. The minimum absolute atomic E-state index is 0.000463. The summed E-state index contributed by atoms with van der Waals surface area (Å²) in [6.07, 6.45) is 0.733. The van der Waals surface area contributed by atoms with E-state index in [1.165, 1.54) is 0 Å². The minimum atomic E-state index is -0.000463. The van der Waals surface area contributed by atoms with Gasteiger partial charge in [-0.1, -0.05) is 18.7 Å². The molecule has 1 aliphatic heterocycles. The molecule has 0 bridgehead atoms. The van der Waals surface area contributed by atoms with Crippen LogP contribution in [0.1, 0.15) is 6.42 Å². The molecule has 0 atom stereocenters. The van der Waals surface area contributed by atoms with E-state index >= 15 is 0 Å². The zero-order valence-corrected chi connectivity index (χ0v) is 8.69. The van der Waals surface area contributed by atoms with E-state index in [-0.39, 0.29) is 5.91 Å². The Kier molecular flexibility index (Phi) is 2.46. The van der Waals surface area contributed by atoms with Gasteiger partial charge in [-0.05, 0) is 18.6 Å². The summed E-state index contributed by atoms with van der Waals surface area (Å²) in [7, 11) is 1.61. The molecule has 0 aliphatic carbocycles. The van der Waals surface area contributed by atoms with Crippen LogP contribution >= 0.6 is 0 Å². The topological polar surface area (TPSA) is 29.5 Å². The molecule has 1 aromatic carbocycles. The van der Waals surface area contributed by atoms with E-state index in [9.17, 15) is 4.79 Å². The number of benzene rings is 1. The van der Waals surface area contributed by atoms with Gasteiger partial charge >= 0.3 is 0 Å². The molecule has 2 rings (SSSR count). The third kappa shape index (κ3) is 1.61. The normalized spacial score (nSPS) is 15.9. The highest BCUT2D eigenvalue weighted by Gasteiger charge is 2.27. The Morgan fingerprint density at radius 1 is 1.40 bits per heavy atom. The molecule has 0 unspecified atom stereocenters. The average Bonchev–Trinajstić information content (AvgIpc) is 2.60. The molecular weight excluding hydrogens is 190 g/mol. The van der Waals surface area contributed by atoms with Gasteiger partial charge < -0.3 is 9.64 Å². The summed E-state index contributed by atoms with van der Waals surface area (Å²) >= 11 is 0. The molecule has 0 spiro atoms. The number of methoxy groups -OCH3 is 1. The first kappa shape index (κ1) is 9.77. The maximum absolute atomic E-state index is 11.7. The summed E-state index contributed by atoms with van der Waals surface area (Å²) < 4.78 is 5.22. The molecule has 3 heteroatoms. The first-order valence-electron chi connectivity index (χ1n) is 4.86. The molecular formula is C12H13NO2. The zero-order chi connectivity index (χ0) is 10.8. The van der Waals surface area contributed by atoms with Crippen LogP contribution < -0.4 is 9.64 Å². The summed E-state index contributed by atoms with van der Waals surface area (Å²) in [5.74, 6) is 0.722. The van der Waals surface area contributed by atoms with E-state index in [0.29, 0.717) is 12.1 Å². The van der Waals surface area contributed by atoms with Crippen molar-refractivity contribution in [3.8, 4) is 5.75 Å². The molecule has 1 aromatic rings. The quantitative estimate of drug-likeness (QED) is 0.688. The van der Waals surface area contributed by atoms with Crippen LogP contribution in [-0.2, 0) is 4.79 Å². The molecule has 0 radical (unpaired) electrons. The summed E-state index contributed by atoms with van der Waals surface area (Å²) in [6.45, 7) is 4.43. The molecule has 1 aliphatic rings. The second kappa shape index (κ2) is 3.77. The maximum atomic E-state index is 11.7. The van der Waals surface area contributed by atoms with Crippen molar-refractivity contribution in [2.45, 2.75) is 6.42 Å². The minimum Gasteiger partial charge on any atom is -0.495 e. The fraction of sp³-hybridized carbons (Fsp3) is 0.250. The van der Waals surface area contributed by atoms with Crippen molar-refractivity contribution in [2.75, 3.05) is 18.6 Å². The van der Waals surface area contributed by atoms with Gasteiger partial charge in [0.2, 0.25) is 0 Å². The lowest BCUT2D eigenvalue weighted by molar-refractivity contribution is -0.114. The monoisotopic (exact) mass is 203 g/mol. The number of amides is 1. The molecule has 0 aromatic heterocycles. The molecule has 78 valence electrons. The number of ether oxygens (including phenoxy) is 1. The zero-order valence-electron chi connectivity index (χ0n) is 8.69. The van der Waals surface area contributed by atoms with Gasteiger partial charge in [-0.3, -0.25) is 4.79 Å². The summed E-state index contributed by atoms with van der Waals surface area (Å²) in [6, 6.07) is 7.52. The Morgan fingerprint density at radius 2 is 2.13 bits per heavy atom. The summed E-state index contributed by atoms with van der Waals surface area (Å²) in [4.78, 5) is 13.5. The van der Waals surface area contributed by atoms with Crippen LogP contribution in [0.3, 0.4) is 0 Å². The number of para-hydroxylation sites is 2. The van der Waals surface area contributed by atoms with E-state index in [2.05, 4.69) is 6.58 Å². The van der Waals surface area contributed by atoms with Crippen LogP contribution in [0, 0.1) is 0 Å². The van der Waals surface area contributed by atoms with Crippen LogP contribution in [0.15, 0.2) is 36.4 Å². The smallest absolute Gasteiger partial charge is 0.253 e. The molecule has 1 fully saturated rings. The van der Waals surface area contributed by atoms with E-state index in [1.807, 2.05) is 24.3 Å². The van der Waals surface area contributed by atoms with Gasteiger partial charge in [0.05, 0.1) is 12.8 Å². The number of rotatable bonds is 2. The van der Waals surface area contributed by atoms with Crippen molar-refractivity contribution in [3.63, 3.8) is 0 Å². The number of carbonyl (C=O) groups is 1. The first-order chi connectivity index (χ1) is 7.24. The van der Waals surface area contributed by atoms with Crippen molar-refractivity contribution < 1.29 is 9.53 Å². The molecule has 1 saturated heterocycles. The molecule has 0 saturated carbocycles. The predicted octanol–water partition coefficient (Wildman–Crippen LogP) is 1.99. The lowest BCUT2D eigenvalue weighted by Gasteiger charge is -2.18. The molecule has 0 N–H and O–H groups in total. The fourth-order valence-electron chi connectivity index (χ4n) is 1.73. The van der Waals surface area contributed by atoms with Gasteiger partial charge in [0, 0.05) is 12.1 Å². The van der Waals surface area contributed by atoms with Crippen LogP contribution in [0.4, 0.5) is 5.69 Å². The van der Waals surface area contributed by atoms with Gasteiger partial charge in [0.15, 0.2) is 0 Å². The molecule has 3 nitrogen and oxygen atoms in total. The summed E-state index contributed by atoms with van der Waals surface area (Å²) in [5.41, 5.74) is 1.49. The van der Waals surface area contributed by atoms with Gasteiger partial charge in [0.1, 0.15) is 5.75 Å². The lowest BCUT2D eigenvalue weighted by Crippen LogP contribution is -2.24. The van der Waals surface area contributed by atoms with Gasteiger partial charge in [0.25, 0.3) is 5.91 Å². The second-order valence-electron chi connectivity index (χ2n) is 3.48. The van der Waals surface area contributed by atoms with E-state index < -0.39 is 0 Å². The number of nitrogens with zero attached hydrogens (tertiary/aromatic N) is 1. The Hall–Kier alpha value is -1.77. The van der Waals surface area contributed by atoms with Crippen molar-refractivity contribution in [2.24, 2.45) is 0 Å². The van der Waals surface area contributed by atoms with Crippen molar-refractivity contribution in [1.82, 2.24) is 0 Å². The van der Waals surface area contributed by atoms with Crippen LogP contribution in [0.2, 0.25) is 0 Å². The van der Waals surface area contributed by atoms with Crippen molar-refractivity contribution in [1.29, 1.82) is 0 Å². The van der Waals surface area contributed by atoms with Crippen molar-refractivity contribution in [3.05, 3.63) is 36.4 Å². The maximum Gasteiger partial charge on any atom is 0.253 e. The Balaban J connectivity index is 2.37. The number of carbonyl (C=O) groups excluding carboxylic acids is 1. The average molecular weight is 203 g/mol. The number of anilines is 1. The van der Waals surface area contributed by atoms with Gasteiger partial charge in [-0.2, -0.15) is 0 Å². The van der Waals surface area contributed by atoms with Gasteiger partial charge in [-0.25, -0.2) is 0 Å². The highest BCUT2D eigenvalue weighted by molar-refractivity contribution is 6.08. The van der Waals surface area contributed by atoms with Crippen molar-refractivity contribution >= 4 is 11.6 Å². The van der Waals surface area contributed by atoms with Gasteiger partial charge in [-0.15, -0.1) is 0 Å². The highest BCUT2D eigenvalue weighted by atomic mass is 16.5.